The maximum Gasteiger partial charge on any atom is 0.0319 e. The molecule has 1 aromatic rings. The summed E-state index contributed by atoms with van der Waals surface area (Å²) in [4.78, 5) is 0. The molecule has 0 aliphatic rings. The van der Waals surface area contributed by atoms with E-state index in [0.29, 0.717) is 6.04 Å². The number of hydrogen-bond acceptors (Lipinski definition) is 2. The van der Waals surface area contributed by atoms with E-state index in [1.807, 2.05) is 6.07 Å². The summed E-state index contributed by atoms with van der Waals surface area (Å²) in [6.45, 7) is 2.12. The number of benzene rings is 1. The van der Waals surface area contributed by atoms with Gasteiger partial charge in [-0.2, -0.15) is 0 Å². The Morgan fingerprint density at radius 1 is 1.23 bits per heavy atom. The van der Waals surface area contributed by atoms with E-state index in [2.05, 4.69) is 31.2 Å². The lowest BCUT2D eigenvalue weighted by Crippen LogP contribution is -2.21. The van der Waals surface area contributed by atoms with E-state index in [1.165, 1.54) is 5.56 Å². The molecule has 2 nitrogen and oxygen atoms in total. The van der Waals surface area contributed by atoms with Crippen molar-refractivity contribution in [3.63, 3.8) is 0 Å². The molecule has 0 aliphatic heterocycles. The Hall–Kier alpha value is -0.860. The molecule has 0 spiro atoms. The van der Waals surface area contributed by atoms with Gasteiger partial charge in [0.1, 0.15) is 0 Å². The lowest BCUT2D eigenvalue weighted by molar-refractivity contribution is 0.399. The smallest absolute Gasteiger partial charge is 0.0319 e. The number of nitrogens with two attached hydrogens (primary N) is 1. The van der Waals surface area contributed by atoms with Gasteiger partial charge in [0.05, 0.1) is 0 Å². The van der Waals surface area contributed by atoms with Gasteiger partial charge in [-0.25, -0.2) is 0 Å². The monoisotopic (exact) mass is 181 g/mol. The van der Waals surface area contributed by atoms with Crippen molar-refractivity contribution in [2.45, 2.75) is 25.8 Å². The van der Waals surface area contributed by atoms with Gasteiger partial charge >= 0.3 is 0 Å². The molecular weight excluding hydrogens is 162 g/mol. The molecule has 2 heteroatoms. The second-order valence-electron chi connectivity index (χ2n) is 2.86. The second kappa shape index (κ2) is 7.77. The average Bonchev–Trinajstić information content (AvgIpc) is 2.22. The van der Waals surface area contributed by atoms with Crippen LogP contribution in [0, 0.1) is 0 Å². The van der Waals surface area contributed by atoms with Crippen molar-refractivity contribution in [3.05, 3.63) is 35.9 Å². The predicted molar refractivity (Wildman–Crippen MR) is 56.6 cm³/mol. The van der Waals surface area contributed by atoms with E-state index in [1.54, 1.807) is 0 Å². The Morgan fingerprint density at radius 2 is 1.77 bits per heavy atom. The summed E-state index contributed by atoms with van der Waals surface area (Å²) < 4.78 is 0. The van der Waals surface area contributed by atoms with Gasteiger partial charge in [0, 0.05) is 13.2 Å². The standard InChI is InChI=1S/C10H15N.CH4O/c1-2-10(11)8-9-6-4-3-5-7-9;1-2/h3-7,10H,2,8,11H2,1H3;2H,1H3/t10-;/m0./s1. The highest BCUT2D eigenvalue weighted by atomic mass is 16.2. The molecule has 13 heavy (non-hydrogen) atoms. The van der Waals surface area contributed by atoms with Gasteiger partial charge in [0.25, 0.3) is 0 Å². The first-order chi connectivity index (χ1) is 6.33. The Kier molecular flexibility index (Phi) is 7.26. The lowest BCUT2D eigenvalue weighted by atomic mass is 10.1. The van der Waals surface area contributed by atoms with Crippen LogP contribution in [0.2, 0.25) is 0 Å². The van der Waals surface area contributed by atoms with Crippen LogP contribution in [-0.4, -0.2) is 18.3 Å². The molecular formula is C11H19NO. The highest BCUT2D eigenvalue weighted by molar-refractivity contribution is 5.15. The van der Waals surface area contributed by atoms with Crippen molar-refractivity contribution >= 4 is 0 Å². The van der Waals surface area contributed by atoms with Gasteiger partial charge in [-0.05, 0) is 18.4 Å². The van der Waals surface area contributed by atoms with Crippen molar-refractivity contribution < 1.29 is 5.11 Å². The third kappa shape index (κ3) is 5.39. The molecule has 0 unspecified atom stereocenters. The minimum atomic E-state index is 0.317. The Labute approximate surface area is 80.4 Å². The largest absolute Gasteiger partial charge is 0.400 e. The van der Waals surface area contributed by atoms with Crippen LogP contribution in [0.1, 0.15) is 18.9 Å². The molecule has 1 atom stereocenters. The lowest BCUT2D eigenvalue weighted by Gasteiger charge is -2.07. The number of aliphatic hydroxyl groups is 1. The fraction of sp³-hybridized carbons (Fsp3) is 0.455. The maximum atomic E-state index is 7.00. The normalized spacial score (nSPS) is 11.4. The van der Waals surface area contributed by atoms with Crippen molar-refractivity contribution in [1.29, 1.82) is 0 Å². The van der Waals surface area contributed by atoms with Crippen LogP contribution in [0.3, 0.4) is 0 Å². The highest BCUT2D eigenvalue weighted by Gasteiger charge is 1.98. The van der Waals surface area contributed by atoms with Crippen molar-refractivity contribution in [2.24, 2.45) is 5.73 Å². The minimum Gasteiger partial charge on any atom is -0.400 e. The summed E-state index contributed by atoms with van der Waals surface area (Å²) in [5, 5.41) is 7.00. The third-order valence-corrected chi connectivity index (χ3v) is 1.87. The molecule has 0 saturated carbocycles. The second-order valence-corrected chi connectivity index (χ2v) is 2.86. The minimum absolute atomic E-state index is 0.317. The molecule has 0 amide bonds. The fourth-order valence-corrected chi connectivity index (χ4v) is 1.06. The Bertz CT molecular complexity index is 199. The molecule has 0 bridgehead atoms. The fourth-order valence-electron chi connectivity index (χ4n) is 1.06. The first kappa shape index (κ1) is 12.1. The SMILES string of the molecule is CC[C@H](N)Cc1ccccc1.CO. The molecule has 0 fully saturated rings. The van der Waals surface area contributed by atoms with Gasteiger partial charge < -0.3 is 10.8 Å². The Morgan fingerprint density at radius 3 is 2.23 bits per heavy atom. The quantitative estimate of drug-likeness (QED) is 0.743. The Balaban J connectivity index is 0.000000671. The van der Waals surface area contributed by atoms with Gasteiger partial charge in [0.15, 0.2) is 0 Å². The average molecular weight is 181 g/mol. The van der Waals surface area contributed by atoms with Crippen LogP contribution in [0.15, 0.2) is 30.3 Å². The molecule has 74 valence electrons. The molecule has 0 heterocycles. The van der Waals surface area contributed by atoms with E-state index in [-0.39, 0.29) is 0 Å². The number of aliphatic hydroxyl groups excluding tert-OH is 1. The van der Waals surface area contributed by atoms with Crippen molar-refractivity contribution in [2.75, 3.05) is 7.11 Å². The summed E-state index contributed by atoms with van der Waals surface area (Å²) >= 11 is 0. The van der Waals surface area contributed by atoms with Crippen molar-refractivity contribution in [3.8, 4) is 0 Å². The van der Waals surface area contributed by atoms with Gasteiger partial charge in [-0.3, -0.25) is 0 Å². The topological polar surface area (TPSA) is 46.2 Å². The first-order valence-corrected chi connectivity index (χ1v) is 4.57. The van der Waals surface area contributed by atoms with Crippen LogP contribution < -0.4 is 5.73 Å². The van der Waals surface area contributed by atoms with E-state index in [0.717, 1.165) is 20.0 Å². The van der Waals surface area contributed by atoms with Crippen LogP contribution in [0.4, 0.5) is 0 Å². The molecule has 1 aromatic carbocycles. The summed E-state index contributed by atoms with van der Waals surface area (Å²) in [5.74, 6) is 0. The third-order valence-electron chi connectivity index (χ3n) is 1.87. The number of rotatable bonds is 3. The highest BCUT2D eigenvalue weighted by Crippen LogP contribution is 2.02. The molecule has 0 radical (unpaired) electrons. The van der Waals surface area contributed by atoms with E-state index in [4.69, 9.17) is 10.8 Å². The van der Waals surface area contributed by atoms with Gasteiger partial charge in [-0.15, -0.1) is 0 Å². The van der Waals surface area contributed by atoms with Crippen LogP contribution in [0.25, 0.3) is 0 Å². The van der Waals surface area contributed by atoms with Crippen LogP contribution in [-0.2, 0) is 6.42 Å². The molecule has 0 aromatic heterocycles. The van der Waals surface area contributed by atoms with Gasteiger partial charge in [0.2, 0.25) is 0 Å². The molecule has 0 saturated heterocycles. The van der Waals surface area contributed by atoms with Gasteiger partial charge in [-0.1, -0.05) is 37.3 Å². The van der Waals surface area contributed by atoms with Crippen molar-refractivity contribution in [1.82, 2.24) is 0 Å². The molecule has 1 rings (SSSR count). The summed E-state index contributed by atoms with van der Waals surface area (Å²) in [6.07, 6.45) is 2.05. The summed E-state index contributed by atoms with van der Waals surface area (Å²) in [6, 6.07) is 10.7. The molecule has 3 N–H and O–H groups in total. The van der Waals surface area contributed by atoms with E-state index in [9.17, 15) is 0 Å². The summed E-state index contributed by atoms with van der Waals surface area (Å²) in [5.41, 5.74) is 7.14. The van der Waals surface area contributed by atoms with E-state index < -0.39 is 0 Å². The zero-order chi connectivity index (χ0) is 10.1. The number of hydrogen-bond donors (Lipinski definition) is 2. The first-order valence-electron chi connectivity index (χ1n) is 4.57. The van der Waals surface area contributed by atoms with Crippen LogP contribution in [0.5, 0.6) is 0 Å². The predicted octanol–water partition coefficient (Wildman–Crippen LogP) is 1.57. The molecule has 0 aliphatic carbocycles. The summed E-state index contributed by atoms with van der Waals surface area (Å²) in [7, 11) is 1.00. The zero-order valence-electron chi connectivity index (χ0n) is 8.40. The van der Waals surface area contributed by atoms with E-state index >= 15 is 0 Å². The zero-order valence-corrected chi connectivity index (χ0v) is 8.40. The maximum absolute atomic E-state index is 7.00. The van der Waals surface area contributed by atoms with Crippen LogP contribution >= 0.6 is 0 Å².